The molecule has 1 heterocycles. The summed E-state index contributed by atoms with van der Waals surface area (Å²) in [6, 6.07) is 82.1. The van der Waals surface area contributed by atoms with Gasteiger partial charge in [0.25, 0.3) is 0 Å². The van der Waals surface area contributed by atoms with Gasteiger partial charge in [-0.05, 0) is 85.8 Å². The fourth-order valence-electron chi connectivity index (χ4n) is 8.66. The first-order valence-corrected chi connectivity index (χ1v) is 20.7. The van der Waals surface area contributed by atoms with Gasteiger partial charge in [-0.15, -0.1) is 11.3 Å². The van der Waals surface area contributed by atoms with Crippen LogP contribution in [0.3, 0.4) is 0 Å². The van der Waals surface area contributed by atoms with Gasteiger partial charge in [-0.1, -0.05) is 188 Å². The number of rotatable bonds is 7. The van der Waals surface area contributed by atoms with Crippen molar-refractivity contribution in [1.29, 1.82) is 0 Å². The molecule has 2 heteroatoms. The van der Waals surface area contributed by atoms with Crippen LogP contribution in [0.5, 0.6) is 0 Å². The molecule has 0 fully saturated rings. The first-order valence-electron chi connectivity index (χ1n) is 19.8. The van der Waals surface area contributed by atoms with E-state index in [1.807, 2.05) is 11.3 Å². The van der Waals surface area contributed by atoms with Gasteiger partial charge in [-0.2, -0.15) is 0 Å². The molecule has 11 rings (SSSR count). The Morgan fingerprint density at radius 2 is 0.879 bits per heavy atom. The van der Waals surface area contributed by atoms with Crippen molar-refractivity contribution in [1.82, 2.24) is 0 Å². The zero-order valence-corrected chi connectivity index (χ0v) is 32.5. The normalized spacial score (nSPS) is 11.4. The van der Waals surface area contributed by atoms with Crippen molar-refractivity contribution in [3.05, 3.63) is 224 Å². The molecule has 272 valence electrons. The van der Waals surface area contributed by atoms with Crippen LogP contribution in [0.25, 0.3) is 86.2 Å². The molecule has 1 nitrogen and oxygen atoms in total. The average molecular weight is 756 g/mol. The minimum Gasteiger partial charge on any atom is -0.309 e. The molecule has 0 aliphatic carbocycles. The molecule has 0 saturated heterocycles. The second-order valence-corrected chi connectivity index (χ2v) is 15.9. The van der Waals surface area contributed by atoms with Gasteiger partial charge in [-0.3, -0.25) is 0 Å². The molecule has 0 atom stereocenters. The lowest BCUT2D eigenvalue weighted by molar-refractivity contribution is 1.28. The Morgan fingerprint density at radius 3 is 1.76 bits per heavy atom. The van der Waals surface area contributed by atoms with Crippen LogP contribution in [0.4, 0.5) is 17.1 Å². The minimum absolute atomic E-state index is 1.09. The number of fused-ring (bicyclic) bond motifs is 5. The summed E-state index contributed by atoms with van der Waals surface area (Å²) >= 11 is 1.88. The maximum atomic E-state index is 2.49. The summed E-state index contributed by atoms with van der Waals surface area (Å²) in [7, 11) is 0. The molecule has 0 saturated carbocycles. The van der Waals surface area contributed by atoms with Crippen molar-refractivity contribution in [2.45, 2.75) is 0 Å². The van der Waals surface area contributed by atoms with Crippen LogP contribution in [0.2, 0.25) is 0 Å². The van der Waals surface area contributed by atoms with Gasteiger partial charge >= 0.3 is 0 Å². The highest BCUT2D eigenvalue weighted by molar-refractivity contribution is 7.26. The number of nitrogens with zero attached hydrogens (tertiary/aromatic N) is 1. The summed E-state index contributed by atoms with van der Waals surface area (Å²) in [5.74, 6) is 0. The van der Waals surface area contributed by atoms with E-state index in [9.17, 15) is 0 Å². The Balaban J connectivity index is 1.17. The topological polar surface area (TPSA) is 3.24 Å². The smallest absolute Gasteiger partial charge is 0.0546 e. The molecule has 0 unspecified atom stereocenters. The fraction of sp³-hybridized carbons (Fsp3) is 0. The molecule has 0 radical (unpaired) electrons. The molecule has 0 N–H and O–H groups in total. The molecular formula is C56H37NS. The quantitative estimate of drug-likeness (QED) is 0.157. The number of hydrogen-bond donors (Lipinski definition) is 0. The van der Waals surface area contributed by atoms with Crippen LogP contribution in [0.1, 0.15) is 0 Å². The van der Waals surface area contributed by atoms with E-state index in [0.717, 1.165) is 22.6 Å². The van der Waals surface area contributed by atoms with Crippen molar-refractivity contribution < 1.29 is 0 Å². The zero-order valence-electron chi connectivity index (χ0n) is 31.7. The third-order valence-electron chi connectivity index (χ3n) is 11.5. The van der Waals surface area contributed by atoms with Gasteiger partial charge < -0.3 is 4.90 Å². The van der Waals surface area contributed by atoms with E-state index in [0.29, 0.717) is 0 Å². The second kappa shape index (κ2) is 14.4. The third kappa shape index (κ3) is 5.94. The van der Waals surface area contributed by atoms with E-state index in [-0.39, 0.29) is 0 Å². The minimum atomic E-state index is 1.09. The second-order valence-electron chi connectivity index (χ2n) is 14.9. The van der Waals surface area contributed by atoms with Crippen LogP contribution in [0.15, 0.2) is 224 Å². The van der Waals surface area contributed by atoms with Gasteiger partial charge in [0.1, 0.15) is 0 Å². The van der Waals surface area contributed by atoms with Crippen molar-refractivity contribution >= 4 is 70.1 Å². The maximum absolute atomic E-state index is 2.49. The monoisotopic (exact) mass is 755 g/mol. The van der Waals surface area contributed by atoms with Crippen molar-refractivity contribution in [2.75, 3.05) is 4.90 Å². The van der Waals surface area contributed by atoms with Gasteiger partial charge in [0.05, 0.1) is 11.4 Å². The van der Waals surface area contributed by atoms with E-state index in [2.05, 4.69) is 229 Å². The number of para-hydroxylation sites is 1. The summed E-state index contributed by atoms with van der Waals surface area (Å²) in [5.41, 5.74) is 12.9. The zero-order chi connectivity index (χ0) is 38.4. The van der Waals surface area contributed by atoms with Crippen molar-refractivity contribution in [3.63, 3.8) is 0 Å². The summed E-state index contributed by atoms with van der Waals surface area (Å²) in [5, 5.41) is 7.57. The Morgan fingerprint density at radius 1 is 0.293 bits per heavy atom. The molecule has 0 bridgehead atoms. The number of benzene rings is 10. The Labute approximate surface area is 342 Å². The molecule has 11 aromatic rings. The van der Waals surface area contributed by atoms with Crippen molar-refractivity contribution in [3.8, 4) is 44.5 Å². The maximum Gasteiger partial charge on any atom is 0.0546 e. The first kappa shape index (κ1) is 34.0. The Bertz CT molecular complexity index is 3280. The van der Waals surface area contributed by atoms with Gasteiger partial charge in [0.2, 0.25) is 0 Å². The number of thiophene rings is 1. The standard InChI is InChI=1S/C56H37NS/c1-2-15-40(16-3-1)48-35-32-44(43-29-28-38-14-4-5-18-42(38)36-43)37-54(48)57(45-33-30-41(31-34-45)47-23-12-19-39-17-6-7-20-46(39)47)53-26-10-8-21-49(53)51-24-13-25-52-50-22-9-11-27-55(50)58-56(51)52/h1-37H. The van der Waals surface area contributed by atoms with Crippen LogP contribution in [0, 0.1) is 0 Å². The van der Waals surface area contributed by atoms with Gasteiger partial charge in [0, 0.05) is 42.6 Å². The van der Waals surface area contributed by atoms with Crippen molar-refractivity contribution in [2.24, 2.45) is 0 Å². The lowest BCUT2D eigenvalue weighted by Crippen LogP contribution is -2.12. The number of hydrogen-bond acceptors (Lipinski definition) is 2. The van der Waals surface area contributed by atoms with E-state index >= 15 is 0 Å². The predicted molar refractivity (Wildman–Crippen MR) is 251 cm³/mol. The summed E-state index contributed by atoms with van der Waals surface area (Å²) in [6.07, 6.45) is 0. The molecule has 58 heavy (non-hydrogen) atoms. The van der Waals surface area contributed by atoms with Crippen LogP contribution < -0.4 is 4.90 Å². The van der Waals surface area contributed by atoms with Gasteiger partial charge in [0.15, 0.2) is 0 Å². The van der Waals surface area contributed by atoms with Gasteiger partial charge in [-0.25, -0.2) is 0 Å². The van der Waals surface area contributed by atoms with Crippen LogP contribution in [-0.4, -0.2) is 0 Å². The Kier molecular flexibility index (Phi) is 8.42. The third-order valence-corrected chi connectivity index (χ3v) is 12.7. The largest absolute Gasteiger partial charge is 0.309 e. The molecule has 1 aromatic heterocycles. The molecule has 10 aromatic carbocycles. The lowest BCUT2D eigenvalue weighted by atomic mass is 9.94. The highest BCUT2D eigenvalue weighted by Crippen LogP contribution is 2.49. The SMILES string of the molecule is c1ccc(-c2ccc(-c3ccc4ccccc4c3)cc2N(c2ccc(-c3cccc4ccccc34)cc2)c2ccccc2-c2cccc3c2sc2ccccc23)cc1. The lowest BCUT2D eigenvalue weighted by Gasteiger charge is -2.30. The number of anilines is 3. The molecular weight excluding hydrogens is 719 g/mol. The molecule has 0 aliphatic rings. The summed E-state index contributed by atoms with van der Waals surface area (Å²) in [4.78, 5) is 2.49. The van der Waals surface area contributed by atoms with E-state index < -0.39 is 0 Å². The fourth-order valence-corrected chi connectivity index (χ4v) is 9.89. The summed E-state index contributed by atoms with van der Waals surface area (Å²) < 4.78 is 2.60. The van der Waals surface area contributed by atoms with E-state index in [1.54, 1.807) is 0 Å². The van der Waals surface area contributed by atoms with E-state index in [4.69, 9.17) is 0 Å². The molecule has 0 amide bonds. The molecule has 0 spiro atoms. The summed E-state index contributed by atoms with van der Waals surface area (Å²) in [6.45, 7) is 0. The van der Waals surface area contributed by atoms with E-state index in [1.165, 1.54) is 80.7 Å². The Hall–Kier alpha value is -7.26. The highest BCUT2D eigenvalue weighted by atomic mass is 32.1. The predicted octanol–water partition coefficient (Wildman–Crippen LogP) is 16.5. The highest BCUT2D eigenvalue weighted by Gasteiger charge is 2.23. The average Bonchev–Trinajstić information content (AvgIpc) is 3.69. The first-order chi connectivity index (χ1) is 28.8. The van der Waals surface area contributed by atoms with Crippen LogP contribution >= 0.6 is 11.3 Å². The van der Waals surface area contributed by atoms with Crippen LogP contribution in [-0.2, 0) is 0 Å². The molecule has 0 aliphatic heterocycles.